The minimum atomic E-state index is -3.59. The second kappa shape index (κ2) is 6.46. The summed E-state index contributed by atoms with van der Waals surface area (Å²) in [6.07, 6.45) is 3.15. The zero-order valence-corrected chi connectivity index (χ0v) is 14.7. The highest BCUT2D eigenvalue weighted by Gasteiger charge is 2.37. The van der Waals surface area contributed by atoms with Crippen LogP contribution >= 0.6 is 0 Å². The summed E-state index contributed by atoms with van der Waals surface area (Å²) in [5, 5.41) is 6.23. The molecule has 6 heteroatoms. The van der Waals surface area contributed by atoms with Crippen molar-refractivity contribution in [2.24, 2.45) is 5.92 Å². The number of rotatable bonds is 3. The van der Waals surface area contributed by atoms with E-state index in [9.17, 15) is 13.2 Å². The molecule has 0 radical (unpaired) electrons. The highest BCUT2D eigenvalue weighted by molar-refractivity contribution is 7.95. The third kappa shape index (κ3) is 2.93. The maximum absolute atomic E-state index is 12.8. The number of sulfone groups is 1. The summed E-state index contributed by atoms with van der Waals surface area (Å²) in [5.41, 5.74) is 1.70. The highest BCUT2D eigenvalue weighted by Crippen LogP contribution is 2.34. The van der Waals surface area contributed by atoms with Crippen LogP contribution in [0.15, 0.2) is 88.3 Å². The van der Waals surface area contributed by atoms with Gasteiger partial charge in [0.25, 0.3) is 0 Å². The van der Waals surface area contributed by atoms with Crippen molar-refractivity contribution in [2.75, 3.05) is 0 Å². The fourth-order valence-electron chi connectivity index (χ4n) is 3.27. The monoisotopic (exact) mass is 366 g/mol. The van der Waals surface area contributed by atoms with Gasteiger partial charge in [0.2, 0.25) is 15.7 Å². The first-order valence-electron chi connectivity index (χ1n) is 8.38. The first-order valence-corrected chi connectivity index (χ1v) is 9.87. The molecule has 0 saturated carbocycles. The molecular weight excluding hydrogens is 348 g/mol. The van der Waals surface area contributed by atoms with Gasteiger partial charge in [-0.05, 0) is 29.8 Å². The van der Waals surface area contributed by atoms with Gasteiger partial charge in [-0.2, -0.15) is 0 Å². The van der Waals surface area contributed by atoms with Gasteiger partial charge in [-0.15, -0.1) is 0 Å². The van der Waals surface area contributed by atoms with Crippen molar-refractivity contribution in [3.05, 3.63) is 89.0 Å². The molecule has 2 atom stereocenters. The molecule has 2 N–H and O–H groups in total. The maximum atomic E-state index is 12.8. The van der Waals surface area contributed by atoms with Gasteiger partial charge in [0, 0.05) is 12.1 Å². The normalized spacial score (nSPS) is 22.4. The standard InChI is InChI=1S/C20H18N2O3S/c23-20-17-13-16(26(24,25)15-9-5-2-6-10-15)11-12-18(17)21-19(22-20)14-7-3-1-4-8-14/h1-12,17,19,21H,13H2,(H,22,23). The van der Waals surface area contributed by atoms with E-state index in [-0.39, 0.29) is 28.3 Å². The zero-order chi connectivity index (χ0) is 18.1. The molecule has 0 aromatic heterocycles. The fourth-order valence-corrected chi connectivity index (χ4v) is 4.72. The van der Waals surface area contributed by atoms with E-state index in [0.717, 1.165) is 11.3 Å². The minimum absolute atomic E-state index is 0.156. The van der Waals surface area contributed by atoms with Crippen LogP contribution in [0.4, 0.5) is 0 Å². The molecule has 1 aliphatic carbocycles. The number of carbonyl (C=O) groups is 1. The smallest absolute Gasteiger partial charge is 0.231 e. The molecule has 1 fully saturated rings. The number of allylic oxidation sites excluding steroid dienone is 3. The van der Waals surface area contributed by atoms with Crippen molar-refractivity contribution in [1.29, 1.82) is 0 Å². The van der Waals surface area contributed by atoms with Crippen LogP contribution in [0.5, 0.6) is 0 Å². The van der Waals surface area contributed by atoms with E-state index < -0.39 is 15.8 Å². The molecular formula is C20H18N2O3S. The van der Waals surface area contributed by atoms with Crippen LogP contribution in [0.1, 0.15) is 18.2 Å². The Morgan fingerprint density at radius 1 is 0.846 bits per heavy atom. The molecule has 26 heavy (non-hydrogen) atoms. The molecule has 0 bridgehead atoms. The number of benzene rings is 2. The van der Waals surface area contributed by atoms with E-state index in [4.69, 9.17) is 0 Å². The van der Waals surface area contributed by atoms with E-state index in [1.54, 1.807) is 42.5 Å². The van der Waals surface area contributed by atoms with Gasteiger partial charge < -0.3 is 10.6 Å². The van der Waals surface area contributed by atoms with Crippen molar-refractivity contribution < 1.29 is 13.2 Å². The van der Waals surface area contributed by atoms with Gasteiger partial charge in [-0.1, -0.05) is 48.5 Å². The van der Waals surface area contributed by atoms with Gasteiger partial charge in [-0.3, -0.25) is 4.79 Å². The van der Waals surface area contributed by atoms with Crippen molar-refractivity contribution in [3.8, 4) is 0 Å². The van der Waals surface area contributed by atoms with Crippen molar-refractivity contribution in [3.63, 3.8) is 0 Å². The van der Waals surface area contributed by atoms with Crippen molar-refractivity contribution in [2.45, 2.75) is 17.5 Å². The van der Waals surface area contributed by atoms with E-state index in [1.807, 2.05) is 30.3 Å². The number of nitrogens with one attached hydrogen (secondary N) is 2. The Bertz CT molecular complexity index is 996. The van der Waals surface area contributed by atoms with Crippen molar-refractivity contribution >= 4 is 15.7 Å². The Hall–Kier alpha value is -2.86. The lowest BCUT2D eigenvalue weighted by molar-refractivity contribution is -0.126. The summed E-state index contributed by atoms with van der Waals surface area (Å²) >= 11 is 0. The Morgan fingerprint density at radius 3 is 2.19 bits per heavy atom. The average Bonchev–Trinajstić information content (AvgIpc) is 2.69. The van der Waals surface area contributed by atoms with Crippen LogP contribution < -0.4 is 10.6 Å². The fraction of sp³-hybridized carbons (Fsp3) is 0.150. The quantitative estimate of drug-likeness (QED) is 0.876. The lowest BCUT2D eigenvalue weighted by Crippen LogP contribution is -2.50. The zero-order valence-electron chi connectivity index (χ0n) is 13.9. The number of fused-ring (bicyclic) bond motifs is 1. The maximum Gasteiger partial charge on any atom is 0.231 e. The van der Waals surface area contributed by atoms with Gasteiger partial charge in [0.1, 0.15) is 6.17 Å². The largest absolute Gasteiger partial charge is 0.364 e. The third-order valence-corrected chi connectivity index (χ3v) is 6.56. The van der Waals surface area contributed by atoms with Gasteiger partial charge in [0.15, 0.2) is 0 Å². The van der Waals surface area contributed by atoms with Gasteiger partial charge in [-0.25, -0.2) is 8.42 Å². The molecule has 1 aliphatic heterocycles. The van der Waals surface area contributed by atoms with Crippen molar-refractivity contribution in [1.82, 2.24) is 10.6 Å². The van der Waals surface area contributed by atoms with Crippen LogP contribution in [0.25, 0.3) is 0 Å². The highest BCUT2D eigenvalue weighted by atomic mass is 32.2. The summed E-state index contributed by atoms with van der Waals surface area (Å²) in [6.45, 7) is 0. The molecule has 0 spiro atoms. The predicted octanol–water partition coefficient (Wildman–Crippen LogP) is 2.67. The molecule has 1 saturated heterocycles. The molecule has 2 aromatic carbocycles. The second-order valence-electron chi connectivity index (χ2n) is 6.32. The van der Waals surface area contributed by atoms with Gasteiger partial charge >= 0.3 is 0 Å². The lowest BCUT2D eigenvalue weighted by atomic mass is 9.92. The number of amides is 1. The van der Waals surface area contributed by atoms with E-state index in [0.29, 0.717) is 0 Å². The SMILES string of the molecule is O=C1NC(c2ccccc2)NC2=CC=C(S(=O)(=O)c3ccccc3)CC12. The molecule has 2 aromatic rings. The third-order valence-electron chi connectivity index (χ3n) is 4.68. The first kappa shape index (κ1) is 16.6. The predicted molar refractivity (Wildman–Crippen MR) is 98.4 cm³/mol. The van der Waals surface area contributed by atoms with Crippen LogP contribution in [0.2, 0.25) is 0 Å². The Balaban J connectivity index is 1.64. The topological polar surface area (TPSA) is 75.3 Å². The van der Waals surface area contributed by atoms with Gasteiger partial charge in [0.05, 0.1) is 15.7 Å². The number of hydrogen-bond acceptors (Lipinski definition) is 4. The van der Waals surface area contributed by atoms with E-state index in [2.05, 4.69) is 10.6 Å². The average molecular weight is 366 g/mol. The number of carbonyl (C=O) groups excluding carboxylic acids is 1. The van der Waals surface area contributed by atoms with Crippen LogP contribution in [0.3, 0.4) is 0 Å². The Labute approximate surface area is 152 Å². The summed E-state index contributed by atoms with van der Waals surface area (Å²) in [5.74, 6) is -0.689. The van der Waals surface area contributed by atoms with Crippen LogP contribution in [0, 0.1) is 5.92 Å². The summed E-state index contributed by atoms with van der Waals surface area (Å²) in [4.78, 5) is 13.1. The molecule has 5 nitrogen and oxygen atoms in total. The second-order valence-corrected chi connectivity index (χ2v) is 8.33. The van der Waals surface area contributed by atoms with Crippen LogP contribution in [-0.4, -0.2) is 14.3 Å². The molecule has 2 aliphatic rings. The molecule has 4 rings (SSSR count). The Morgan fingerprint density at radius 2 is 1.50 bits per heavy atom. The molecule has 132 valence electrons. The molecule has 1 heterocycles. The minimum Gasteiger partial charge on any atom is -0.364 e. The molecule has 2 unspecified atom stereocenters. The number of hydrogen-bond donors (Lipinski definition) is 2. The van der Waals surface area contributed by atoms with E-state index >= 15 is 0 Å². The summed E-state index contributed by atoms with van der Waals surface area (Å²) < 4.78 is 25.6. The summed E-state index contributed by atoms with van der Waals surface area (Å²) in [6, 6.07) is 17.9. The van der Waals surface area contributed by atoms with E-state index in [1.165, 1.54) is 0 Å². The first-order chi connectivity index (χ1) is 12.6. The summed E-state index contributed by atoms with van der Waals surface area (Å²) in [7, 11) is -3.59. The lowest BCUT2D eigenvalue weighted by Gasteiger charge is -2.35. The van der Waals surface area contributed by atoms with Crippen LogP contribution in [-0.2, 0) is 14.6 Å². The molecule has 1 amide bonds. The Kier molecular flexibility index (Phi) is 4.12.